The Hall–Kier alpha value is -1.51. The Balaban J connectivity index is 1.50. The van der Waals surface area contributed by atoms with E-state index in [4.69, 9.17) is 23.2 Å². The molecule has 0 bridgehead atoms. The Bertz CT molecular complexity index is 760. The van der Waals surface area contributed by atoms with Gasteiger partial charge in [-0.3, -0.25) is 14.5 Å². The third-order valence-electron chi connectivity index (χ3n) is 5.07. The van der Waals surface area contributed by atoms with Crippen LogP contribution in [0.5, 0.6) is 0 Å². The van der Waals surface area contributed by atoms with E-state index in [1.165, 1.54) is 9.80 Å². The van der Waals surface area contributed by atoms with Gasteiger partial charge in [0.05, 0.1) is 16.6 Å². The fraction of sp³-hybridized carbons (Fsp3) is 0.556. The van der Waals surface area contributed by atoms with E-state index in [9.17, 15) is 22.8 Å². The van der Waals surface area contributed by atoms with Gasteiger partial charge in [-0.1, -0.05) is 23.2 Å². The predicted octanol–water partition coefficient (Wildman–Crippen LogP) is 3.35. The summed E-state index contributed by atoms with van der Waals surface area (Å²) < 4.78 is 37.4. The first-order valence-corrected chi connectivity index (χ1v) is 9.73. The number of hydrogen-bond acceptors (Lipinski definition) is 3. The number of halogens is 5. The quantitative estimate of drug-likeness (QED) is 0.718. The van der Waals surface area contributed by atoms with Crippen molar-refractivity contribution in [2.75, 3.05) is 37.6 Å². The molecule has 0 saturated carbocycles. The molecular formula is C18H20Cl2F3N3O2. The smallest absolute Gasteiger partial charge is 0.355 e. The van der Waals surface area contributed by atoms with Crippen LogP contribution in [0.25, 0.3) is 0 Å². The van der Waals surface area contributed by atoms with Gasteiger partial charge in [0, 0.05) is 25.3 Å². The van der Waals surface area contributed by atoms with E-state index < -0.39 is 18.6 Å². The van der Waals surface area contributed by atoms with Crippen molar-refractivity contribution in [1.29, 1.82) is 0 Å². The molecule has 1 aromatic carbocycles. The molecule has 2 aliphatic rings. The van der Waals surface area contributed by atoms with Gasteiger partial charge in [0.2, 0.25) is 11.8 Å². The molecule has 10 heteroatoms. The normalized spacial score (nSPS) is 23.5. The summed E-state index contributed by atoms with van der Waals surface area (Å²) in [4.78, 5) is 27.9. The SMILES string of the molecule is O=C(NCC1CCN(CC(F)(F)F)C1)C1CCN(c2ccc(Cl)c(Cl)c2)C1=O. The maximum Gasteiger partial charge on any atom is 0.401 e. The summed E-state index contributed by atoms with van der Waals surface area (Å²) in [5.74, 6) is -1.56. The van der Waals surface area contributed by atoms with Gasteiger partial charge in [-0.15, -0.1) is 0 Å². The topological polar surface area (TPSA) is 52.7 Å². The molecule has 5 nitrogen and oxygen atoms in total. The van der Waals surface area contributed by atoms with Crippen LogP contribution < -0.4 is 10.2 Å². The Morgan fingerprint density at radius 2 is 1.93 bits per heavy atom. The van der Waals surface area contributed by atoms with Crippen molar-refractivity contribution in [3.63, 3.8) is 0 Å². The molecule has 2 heterocycles. The van der Waals surface area contributed by atoms with Crippen LogP contribution in [0.4, 0.5) is 18.9 Å². The van der Waals surface area contributed by atoms with Crippen molar-refractivity contribution < 1.29 is 22.8 Å². The highest BCUT2D eigenvalue weighted by Gasteiger charge is 2.38. The number of nitrogens with zero attached hydrogens (tertiary/aromatic N) is 2. The number of carbonyl (C=O) groups excluding carboxylic acids is 2. The summed E-state index contributed by atoms with van der Waals surface area (Å²) in [6.45, 7) is 0.361. The predicted molar refractivity (Wildman–Crippen MR) is 101 cm³/mol. The molecule has 2 fully saturated rings. The molecule has 0 aromatic heterocycles. The van der Waals surface area contributed by atoms with Crippen molar-refractivity contribution in [3.05, 3.63) is 28.2 Å². The van der Waals surface area contributed by atoms with Crippen LogP contribution in [0.2, 0.25) is 10.0 Å². The molecular weight excluding hydrogens is 418 g/mol. The number of amides is 2. The molecule has 0 spiro atoms. The number of hydrogen-bond donors (Lipinski definition) is 1. The van der Waals surface area contributed by atoms with Crippen molar-refractivity contribution >= 4 is 40.7 Å². The summed E-state index contributed by atoms with van der Waals surface area (Å²) in [7, 11) is 0. The van der Waals surface area contributed by atoms with Crippen LogP contribution in [0.1, 0.15) is 12.8 Å². The summed E-state index contributed by atoms with van der Waals surface area (Å²) in [5, 5.41) is 3.43. The van der Waals surface area contributed by atoms with Gasteiger partial charge < -0.3 is 10.2 Å². The number of benzene rings is 1. The van der Waals surface area contributed by atoms with Crippen molar-refractivity contribution in [2.45, 2.75) is 19.0 Å². The van der Waals surface area contributed by atoms with Gasteiger partial charge in [-0.25, -0.2) is 0 Å². The van der Waals surface area contributed by atoms with Crippen LogP contribution in [0.15, 0.2) is 18.2 Å². The zero-order valence-electron chi connectivity index (χ0n) is 14.9. The minimum absolute atomic E-state index is 0.0472. The summed E-state index contributed by atoms with van der Waals surface area (Å²) in [6, 6.07) is 4.84. The van der Waals surface area contributed by atoms with E-state index in [0.717, 1.165) is 0 Å². The van der Waals surface area contributed by atoms with Crippen LogP contribution in [0, 0.1) is 11.8 Å². The van der Waals surface area contributed by atoms with Gasteiger partial charge in [-0.2, -0.15) is 13.2 Å². The molecule has 0 aliphatic carbocycles. The summed E-state index contributed by atoms with van der Waals surface area (Å²) >= 11 is 11.9. The van der Waals surface area contributed by atoms with E-state index in [2.05, 4.69) is 5.32 Å². The molecule has 28 heavy (non-hydrogen) atoms. The maximum atomic E-state index is 12.6. The van der Waals surface area contributed by atoms with Gasteiger partial charge >= 0.3 is 6.18 Å². The largest absolute Gasteiger partial charge is 0.401 e. The Morgan fingerprint density at radius 3 is 2.61 bits per heavy atom. The fourth-order valence-electron chi connectivity index (χ4n) is 3.68. The Labute approximate surface area is 170 Å². The lowest BCUT2D eigenvalue weighted by Crippen LogP contribution is -2.39. The number of rotatable bonds is 5. The van der Waals surface area contributed by atoms with Crippen LogP contribution >= 0.6 is 23.2 Å². The molecule has 2 atom stereocenters. The first kappa shape index (κ1) is 21.2. The molecule has 1 aromatic rings. The molecule has 2 saturated heterocycles. The van der Waals surface area contributed by atoms with Crippen LogP contribution in [-0.2, 0) is 9.59 Å². The standard InChI is InChI=1S/C18H20Cl2F3N3O2/c19-14-2-1-12(7-15(14)20)26-6-4-13(17(26)28)16(27)24-8-11-3-5-25(9-11)10-18(21,22)23/h1-2,7,11,13H,3-6,8-10H2,(H,24,27). The van der Waals surface area contributed by atoms with Gasteiger partial charge in [0.15, 0.2) is 0 Å². The molecule has 2 amide bonds. The zero-order valence-corrected chi connectivity index (χ0v) is 16.4. The zero-order chi connectivity index (χ0) is 20.5. The number of carbonyl (C=O) groups is 2. The number of nitrogens with one attached hydrogen (secondary N) is 1. The summed E-state index contributed by atoms with van der Waals surface area (Å²) in [6.07, 6.45) is -3.26. The summed E-state index contributed by atoms with van der Waals surface area (Å²) in [5.41, 5.74) is 0.577. The van der Waals surface area contributed by atoms with E-state index in [1.807, 2.05) is 0 Å². The molecule has 2 aliphatic heterocycles. The van der Waals surface area contributed by atoms with Crippen LogP contribution in [-0.4, -0.2) is 55.6 Å². The van der Waals surface area contributed by atoms with E-state index in [0.29, 0.717) is 41.7 Å². The number of alkyl halides is 3. The Morgan fingerprint density at radius 1 is 1.18 bits per heavy atom. The average molecular weight is 438 g/mol. The van der Waals surface area contributed by atoms with Crippen molar-refractivity contribution in [3.8, 4) is 0 Å². The molecule has 3 rings (SSSR count). The lowest BCUT2D eigenvalue weighted by atomic mass is 10.1. The number of anilines is 1. The third kappa shape index (κ3) is 5.10. The second-order valence-corrected chi connectivity index (χ2v) is 7.99. The minimum Gasteiger partial charge on any atom is -0.355 e. The lowest BCUT2D eigenvalue weighted by molar-refractivity contribution is -0.144. The van der Waals surface area contributed by atoms with Gasteiger partial charge in [0.25, 0.3) is 0 Å². The average Bonchev–Trinajstić information content (AvgIpc) is 3.20. The molecule has 2 unspecified atom stereocenters. The first-order valence-electron chi connectivity index (χ1n) is 8.97. The highest BCUT2D eigenvalue weighted by atomic mass is 35.5. The maximum absolute atomic E-state index is 12.6. The molecule has 0 radical (unpaired) electrons. The van der Waals surface area contributed by atoms with Gasteiger partial charge in [-0.05, 0) is 43.5 Å². The van der Waals surface area contributed by atoms with E-state index in [-0.39, 0.29) is 30.8 Å². The second kappa shape index (κ2) is 8.47. The van der Waals surface area contributed by atoms with Crippen molar-refractivity contribution in [1.82, 2.24) is 10.2 Å². The van der Waals surface area contributed by atoms with Crippen LogP contribution in [0.3, 0.4) is 0 Å². The van der Waals surface area contributed by atoms with Gasteiger partial charge in [0.1, 0.15) is 5.92 Å². The lowest BCUT2D eigenvalue weighted by Gasteiger charge is -2.19. The number of likely N-dealkylation sites (tertiary alicyclic amines) is 1. The van der Waals surface area contributed by atoms with E-state index >= 15 is 0 Å². The molecule has 154 valence electrons. The Kier molecular flexibility index (Phi) is 6.41. The highest BCUT2D eigenvalue weighted by Crippen LogP contribution is 2.31. The highest BCUT2D eigenvalue weighted by molar-refractivity contribution is 6.42. The van der Waals surface area contributed by atoms with Crippen molar-refractivity contribution in [2.24, 2.45) is 11.8 Å². The first-order chi connectivity index (χ1) is 13.1. The second-order valence-electron chi connectivity index (χ2n) is 7.18. The monoisotopic (exact) mass is 437 g/mol. The fourth-order valence-corrected chi connectivity index (χ4v) is 3.97. The molecule has 1 N–H and O–H groups in total. The minimum atomic E-state index is -4.22. The third-order valence-corrected chi connectivity index (χ3v) is 5.81. The van der Waals surface area contributed by atoms with E-state index in [1.54, 1.807) is 18.2 Å².